The molecule has 7 rings (SSSR count). The van der Waals surface area contributed by atoms with Crippen molar-refractivity contribution in [1.29, 1.82) is 0 Å². The van der Waals surface area contributed by atoms with E-state index in [-0.39, 0.29) is 31.5 Å². The van der Waals surface area contributed by atoms with Crippen LogP contribution in [-0.4, -0.2) is 92.8 Å². The topological polar surface area (TPSA) is 174 Å². The smallest absolute Gasteiger partial charge is 0.302 e. The molecule has 0 bridgehead atoms. The first-order chi connectivity index (χ1) is 33.8. The van der Waals surface area contributed by atoms with Gasteiger partial charge in [-0.2, -0.15) is 0 Å². The Morgan fingerprint density at radius 1 is 0.930 bits per heavy atom. The Labute approximate surface area is 428 Å². The zero-order valence-electron chi connectivity index (χ0n) is 42.3. The van der Waals surface area contributed by atoms with Crippen molar-refractivity contribution in [3.8, 4) is 27.3 Å². The maximum Gasteiger partial charge on any atom is 0.302 e. The van der Waals surface area contributed by atoms with Crippen molar-refractivity contribution in [3.63, 3.8) is 0 Å². The molecule has 1 fully saturated rings. The van der Waals surface area contributed by atoms with E-state index in [1.165, 1.54) is 11.8 Å². The number of nitrogens with one attached hydrogen (secondary N) is 2. The van der Waals surface area contributed by atoms with Gasteiger partial charge in [-0.05, 0) is 129 Å². The molecule has 1 saturated heterocycles. The molecule has 71 heavy (non-hydrogen) atoms. The first-order valence-electron chi connectivity index (χ1n) is 24.1. The molecule has 2 N–H and O–H groups in total. The van der Waals surface area contributed by atoms with Crippen LogP contribution in [0.3, 0.4) is 0 Å². The Morgan fingerprint density at radius 3 is 2.31 bits per heavy atom. The van der Waals surface area contributed by atoms with Crippen molar-refractivity contribution < 1.29 is 33.2 Å². The summed E-state index contributed by atoms with van der Waals surface area (Å²) in [5, 5.41) is 10.2. The van der Waals surface area contributed by atoms with Crippen LogP contribution in [0.4, 0.5) is 11.4 Å². The highest BCUT2D eigenvalue weighted by Crippen LogP contribution is 2.38. The lowest BCUT2D eigenvalue weighted by atomic mass is 9.85. The summed E-state index contributed by atoms with van der Waals surface area (Å²) in [5.74, 6) is -0.992. The molecule has 6 aromatic rings. The maximum atomic E-state index is 14.5. The summed E-state index contributed by atoms with van der Waals surface area (Å²) in [6, 6.07) is 18.4. The van der Waals surface area contributed by atoms with Crippen LogP contribution < -0.4 is 15.5 Å². The molecule has 3 aromatic heterocycles. The van der Waals surface area contributed by atoms with Gasteiger partial charge in [-0.3, -0.25) is 19.2 Å². The van der Waals surface area contributed by atoms with Crippen molar-refractivity contribution in [1.82, 2.24) is 35.2 Å². The summed E-state index contributed by atoms with van der Waals surface area (Å²) < 4.78 is 19.9. The summed E-state index contributed by atoms with van der Waals surface area (Å²) in [7, 11) is 0. The van der Waals surface area contributed by atoms with E-state index in [0.717, 1.165) is 89.9 Å². The van der Waals surface area contributed by atoms with Gasteiger partial charge in [0.05, 0.1) is 52.1 Å². The van der Waals surface area contributed by atoms with Crippen molar-refractivity contribution >= 4 is 62.3 Å². The Balaban J connectivity index is 0.959. The summed E-state index contributed by atoms with van der Waals surface area (Å²) in [5.41, 5.74) is 11.9. The number of carbonyl (C=O) groups is 4. The standard InChI is InChI=1S/C54H65BrN8O7S/c1-32-14-15-41(49-35(4)60-70-37(49)6)24-46(32)62(42-20-21-45(44(55)25-42)61-27-33(2)56-30-61)22-12-11-13-23-68-29-48(65)59-51(54(8,9)10)53(67)63-28-43(69-38(7)64)26-47(63)52(66)58-34(3)39-16-18-40(19-17-39)50-36(5)57-31-71-50/h14-21,24-25,27,30-31,34,43,47,51H,11-13,22-23,26,28-29H2,1-10H3,(H,58,66)(H,59,65)/t34-,43+,47-,51+/m0/s1. The third-order valence-electron chi connectivity index (χ3n) is 12.8. The van der Waals surface area contributed by atoms with E-state index >= 15 is 0 Å². The minimum absolute atomic E-state index is 0.0180. The molecule has 1 aliphatic rings. The molecule has 4 heterocycles. The number of esters is 1. The van der Waals surface area contributed by atoms with E-state index in [1.807, 2.05) is 102 Å². The molecule has 1 aliphatic heterocycles. The third-order valence-corrected chi connectivity index (χ3v) is 14.4. The molecule has 0 radical (unpaired) electrons. The monoisotopic (exact) mass is 1050 g/mol. The number of thiazole rings is 1. The van der Waals surface area contributed by atoms with Crippen molar-refractivity contribution in [2.24, 2.45) is 5.41 Å². The van der Waals surface area contributed by atoms with Crippen molar-refractivity contribution in [2.75, 3.05) is 31.2 Å². The first kappa shape index (κ1) is 52.6. The summed E-state index contributed by atoms with van der Waals surface area (Å²) >= 11 is 5.40. The number of aryl methyl sites for hydroxylation is 5. The molecule has 0 unspecified atom stereocenters. The number of imidazole rings is 1. The maximum absolute atomic E-state index is 14.5. The number of halogens is 1. The number of rotatable bonds is 19. The van der Waals surface area contributed by atoms with Crippen LogP contribution in [0, 0.1) is 40.0 Å². The molecular formula is C54H65BrN8O7S. The second-order valence-corrected chi connectivity index (χ2v) is 21.2. The van der Waals surface area contributed by atoms with Gasteiger partial charge < -0.3 is 39.0 Å². The van der Waals surface area contributed by atoms with E-state index in [1.54, 1.807) is 11.3 Å². The van der Waals surface area contributed by atoms with E-state index in [9.17, 15) is 19.2 Å². The number of likely N-dealkylation sites (tertiary alicyclic amines) is 1. The Kier molecular flexibility index (Phi) is 17.0. The van der Waals surface area contributed by atoms with E-state index in [2.05, 4.69) is 89.9 Å². The fourth-order valence-electron chi connectivity index (χ4n) is 9.10. The molecule has 3 aromatic carbocycles. The van der Waals surface area contributed by atoms with Gasteiger partial charge in [0, 0.05) is 54.1 Å². The predicted octanol–water partition coefficient (Wildman–Crippen LogP) is 10.2. The number of amides is 3. The second kappa shape index (κ2) is 22.9. The highest BCUT2D eigenvalue weighted by molar-refractivity contribution is 9.10. The fourth-order valence-corrected chi connectivity index (χ4v) is 10.5. The van der Waals surface area contributed by atoms with Crippen LogP contribution in [0.15, 0.2) is 87.7 Å². The Hall–Kier alpha value is -6.17. The van der Waals surface area contributed by atoms with Gasteiger partial charge in [0.15, 0.2) is 0 Å². The van der Waals surface area contributed by atoms with Crippen LogP contribution in [-0.2, 0) is 28.7 Å². The third kappa shape index (κ3) is 12.8. The molecule has 15 nitrogen and oxygen atoms in total. The highest BCUT2D eigenvalue weighted by Gasteiger charge is 2.46. The number of carbonyl (C=O) groups excluding carboxylic acids is 4. The summed E-state index contributed by atoms with van der Waals surface area (Å²) in [6.45, 7) is 19.5. The highest BCUT2D eigenvalue weighted by atomic mass is 79.9. The molecule has 4 atom stereocenters. The number of unbranched alkanes of at least 4 members (excludes halogenated alkanes) is 2. The van der Waals surface area contributed by atoms with Gasteiger partial charge in [0.2, 0.25) is 17.7 Å². The van der Waals surface area contributed by atoms with Gasteiger partial charge >= 0.3 is 5.97 Å². The van der Waals surface area contributed by atoms with Gasteiger partial charge in [-0.1, -0.05) is 62.3 Å². The molecule has 3 amide bonds. The lowest BCUT2D eigenvalue weighted by molar-refractivity contribution is -0.147. The second-order valence-electron chi connectivity index (χ2n) is 19.5. The Bertz CT molecular complexity index is 2830. The van der Waals surface area contributed by atoms with Crippen LogP contribution in [0.1, 0.15) is 100 Å². The molecule has 0 spiro atoms. The summed E-state index contributed by atoms with van der Waals surface area (Å²) in [4.78, 5) is 67.6. The van der Waals surface area contributed by atoms with Crippen molar-refractivity contribution in [3.05, 3.63) is 117 Å². The molecule has 17 heteroatoms. The van der Waals surface area contributed by atoms with Crippen molar-refractivity contribution in [2.45, 2.75) is 119 Å². The lowest BCUT2D eigenvalue weighted by Gasteiger charge is -2.35. The number of benzene rings is 3. The number of hydrogen-bond acceptors (Lipinski definition) is 12. The Morgan fingerprint density at radius 2 is 1.68 bits per heavy atom. The average Bonchev–Trinajstić information content (AvgIpc) is 4.13. The number of ether oxygens (including phenoxy) is 2. The minimum Gasteiger partial charge on any atom is -0.461 e. The lowest BCUT2D eigenvalue weighted by Crippen LogP contribution is -2.58. The molecule has 376 valence electrons. The van der Waals surface area contributed by atoms with E-state index in [0.29, 0.717) is 19.6 Å². The van der Waals surface area contributed by atoms with Gasteiger partial charge in [-0.15, -0.1) is 11.3 Å². The van der Waals surface area contributed by atoms with Crippen LogP contribution in [0.2, 0.25) is 0 Å². The van der Waals surface area contributed by atoms with Crippen LogP contribution in [0.25, 0.3) is 27.3 Å². The summed E-state index contributed by atoms with van der Waals surface area (Å²) in [6.07, 6.45) is 5.62. The van der Waals surface area contributed by atoms with Crippen LogP contribution in [0.5, 0.6) is 0 Å². The minimum atomic E-state index is -0.992. The number of aromatic nitrogens is 4. The SMILES string of the molecule is CC(=O)O[C@@H]1C[C@@H](C(=O)N[C@@H](C)c2ccc(-c3scnc3C)cc2)N(C(=O)[C@@H](NC(=O)COCCCCCN(c2ccc(-n3cnc(C)c3)c(Br)c2)c2cc(-c3c(C)noc3C)ccc2C)C(C)(C)C)C1. The molecular weight excluding hydrogens is 985 g/mol. The van der Waals surface area contributed by atoms with E-state index in [4.69, 9.17) is 14.0 Å². The largest absolute Gasteiger partial charge is 0.461 e. The number of anilines is 2. The van der Waals surface area contributed by atoms with Gasteiger partial charge in [0.25, 0.3) is 0 Å². The number of hydrogen-bond donors (Lipinski definition) is 2. The van der Waals surface area contributed by atoms with Gasteiger partial charge in [-0.25, -0.2) is 9.97 Å². The quantitative estimate of drug-likeness (QED) is 0.0584. The fraction of sp³-hybridized carbons (Fsp3) is 0.426. The zero-order valence-corrected chi connectivity index (χ0v) is 44.7. The van der Waals surface area contributed by atoms with E-state index < -0.39 is 41.4 Å². The first-order valence-corrected chi connectivity index (χ1v) is 25.7. The van der Waals surface area contributed by atoms with Crippen LogP contribution >= 0.6 is 27.3 Å². The number of nitrogens with zero attached hydrogens (tertiary/aromatic N) is 6. The molecule has 0 aliphatic carbocycles. The average molecular weight is 1050 g/mol. The van der Waals surface area contributed by atoms with Gasteiger partial charge in [0.1, 0.15) is 30.6 Å². The predicted molar refractivity (Wildman–Crippen MR) is 280 cm³/mol. The zero-order chi connectivity index (χ0) is 51.1. The normalized spacial score (nSPS) is 15.6. The molecule has 0 saturated carbocycles.